The first kappa shape index (κ1) is 15.0. The minimum atomic E-state index is 0.804. The number of aryl methyl sites for hydroxylation is 1. The molecule has 3 aromatic rings. The maximum absolute atomic E-state index is 6.10. The molecule has 0 bridgehead atoms. The van der Waals surface area contributed by atoms with Gasteiger partial charge in [-0.2, -0.15) is 0 Å². The highest BCUT2D eigenvalue weighted by molar-refractivity contribution is 5.95. The molecule has 4 rings (SSSR count). The first-order valence-electron chi connectivity index (χ1n) is 8.40. The van der Waals surface area contributed by atoms with Crippen LogP contribution in [0.4, 0.5) is 5.69 Å². The molecule has 1 saturated heterocycles. The van der Waals surface area contributed by atoms with Gasteiger partial charge in [-0.1, -0.05) is 30.3 Å². The van der Waals surface area contributed by atoms with Gasteiger partial charge in [0.25, 0.3) is 0 Å². The Hall–Kier alpha value is -2.59. The molecule has 2 heterocycles. The number of pyridine rings is 1. The Morgan fingerprint density at radius 3 is 2.58 bits per heavy atom. The van der Waals surface area contributed by atoms with Crippen LogP contribution in [0.1, 0.15) is 5.69 Å². The van der Waals surface area contributed by atoms with Crippen LogP contribution in [0.25, 0.3) is 10.9 Å². The van der Waals surface area contributed by atoms with E-state index in [1.54, 1.807) is 0 Å². The molecule has 1 aromatic heterocycles. The molecule has 122 valence electrons. The number of hydrogen-bond donors (Lipinski definition) is 1. The van der Waals surface area contributed by atoms with Crippen molar-refractivity contribution in [2.75, 3.05) is 31.1 Å². The Labute approximate surface area is 142 Å². The summed E-state index contributed by atoms with van der Waals surface area (Å²) in [6.45, 7) is 6.11. The van der Waals surface area contributed by atoms with E-state index >= 15 is 0 Å². The van der Waals surface area contributed by atoms with Gasteiger partial charge in [-0.05, 0) is 31.2 Å². The monoisotopic (exact) mass is 319 g/mol. The quantitative estimate of drug-likeness (QED) is 0.798. The standard InChI is InChI=1S/C20H21N3O/c1-15-14-18(23-12-10-21-11-13-23)17-8-5-9-19(20(17)22-15)24-16-6-3-2-4-7-16/h2-9,14,21H,10-13H2,1H3. The maximum Gasteiger partial charge on any atom is 0.153 e. The van der Waals surface area contributed by atoms with Gasteiger partial charge in [0.05, 0.1) is 0 Å². The summed E-state index contributed by atoms with van der Waals surface area (Å²) in [5.41, 5.74) is 3.19. The van der Waals surface area contributed by atoms with Crippen LogP contribution in [-0.2, 0) is 0 Å². The lowest BCUT2D eigenvalue weighted by molar-refractivity contribution is 0.487. The van der Waals surface area contributed by atoms with Crippen molar-refractivity contribution in [3.05, 3.63) is 60.3 Å². The van der Waals surface area contributed by atoms with Gasteiger partial charge in [-0.15, -0.1) is 0 Å². The number of nitrogens with one attached hydrogen (secondary N) is 1. The molecule has 4 nitrogen and oxygen atoms in total. The number of para-hydroxylation sites is 2. The molecule has 0 aliphatic carbocycles. The minimum Gasteiger partial charge on any atom is -0.455 e. The first-order chi connectivity index (χ1) is 11.8. The van der Waals surface area contributed by atoms with Crippen molar-refractivity contribution in [2.45, 2.75) is 6.92 Å². The fourth-order valence-corrected chi connectivity index (χ4v) is 3.19. The molecule has 1 aliphatic heterocycles. The lowest BCUT2D eigenvalue weighted by Crippen LogP contribution is -2.43. The van der Waals surface area contributed by atoms with Crippen LogP contribution in [-0.4, -0.2) is 31.2 Å². The van der Waals surface area contributed by atoms with E-state index in [1.807, 2.05) is 49.4 Å². The normalized spacial score (nSPS) is 14.8. The lowest BCUT2D eigenvalue weighted by atomic mass is 10.1. The van der Waals surface area contributed by atoms with E-state index in [1.165, 1.54) is 5.69 Å². The molecular formula is C20H21N3O. The predicted octanol–water partition coefficient (Wildman–Crippen LogP) is 3.75. The van der Waals surface area contributed by atoms with Crippen molar-refractivity contribution in [1.29, 1.82) is 0 Å². The molecule has 1 fully saturated rings. The zero-order valence-corrected chi connectivity index (χ0v) is 13.8. The molecule has 4 heteroatoms. The average Bonchev–Trinajstić information content (AvgIpc) is 2.63. The van der Waals surface area contributed by atoms with Gasteiger partial charge in [0, 0.05) is 42.9 Å². The maximum atomic E-state index is 6.10. The van der Waals surface area contributed by atoms with E-state index in [0.29, 0.717) is 0 Å². The lowest BCUT2D eigenvalue weighted by Gasteiger charge is -2.30. The molecule has 0 radical (unpaired) electrons. The molecule has 0 atom stereocenters. The van der Waals surface area contributed by atoms with E-state index in [0.717, 1.165) is 54.3 Å². The molecule has 24 heavy (non-hydrogen) atoms. The van der Waals surface area contributed by atoms with Crippen LogP contribution < -0.4 is 15.0 Å². The highest BCUT2D eigenvalue weighted by atomic mass is 16.5. The molecule has 0 spiro atoms. The summed E-state index contributed by atoms with van der Waals surface area (Å²) in [5.74, 6) is 1.64. The van der Waals surface area contributed by atoms with Crippen molar-refractivity contribution in [3.63, 3.8) is 0 Å². The fourth-order valence-electron chi connectivity index (χ4n) is 3.19. The second-order valence-electron chi connectivity index (χ2n) is 6.09. The number of anilines is 1. The van der Waals surface area contributed by atoms with Gasteiger partial charge in [0.1, 0.15) is 11.3 Å². The number of ether oxygens (including phenoxy) is 1. The largest absolute Gasteiger partial charge is 0.455 e. The van der Waals surface area contributed by atoms with Crippen LogP contribution >= 0.6 is 0 Å². The summed E-state index contributed by atoms with van der Waals surface area (Å²) < 4.78 is 6.10. The van der Waals surface area contributed by atoms with Crippen molar-refractivity contribution in [3.8, 4) is 11.5 Å². The average molecular weight is 319 g/mol. The minimum absolute atomic E-state index is 0.804. The smallest absolute Gasteiger partial charge is 0.153 e. The number of aromatic nitrogens is 1. The topological polar surface area (TPSA) is 37.4 Å². The third-order valence-corrected chi connectivity index (χ3v) is 4.34. The van der Waals surface area contributed by atoms with Gasteiger partial charge in [-0.3, -0.25) is 0 Å². The van der Waals surface area contributed by atoms with Gasteiger partial charge in [0.15, 0.2) is 5.75 Å². The fraction of sp³-hybridized carbons (Fsp3) is 0.250. The number of fused-ring (bicyclic) bond motifs is 1. The number of piperazine rings is 1. The van der Waals surface area contributed by atoms with Crippen LogP contribution in [0.5, 0.6) is 11.5 Å². The molecule has 0 saturated carbocycles. The summed E-state index contributed by atoms with van der Waals surface area (Å²) in [4.78, 5) is 7.19. The molecule has 1 aliphatic rings. The molecule has 2 aromatic carbocycles. The van der Waals surface area contributed by atoms with Crippen molar-refractivity contribution < 1.29 is 4.74 Å². The highest BCUT2D eigenvalue weighted by Crippen LogP contribution is 2.34. The summed E-state index contributed by atoms with van der Waals surface area (Å²) >= 11 is 0. The van der Waals surface area contributed by atoms with E-state index in [2.05, 4.69) is 22.3 Å². The Kier molecular flexibility index (Phi) is 4.05. The summed E-state index contributed by atoms with van der Waals surface area (Å²) in [6.07, 6.45) is 0. The zero-order chi connectivity index (χ0) is 16.4. The van der Waals surface area contributed by atoms with Gasteiger partial charge < -0.3 is 15.0 Å². The molecular weight excluding hydrogens is 298 g/mol. The molecule has 0 unspecified atom stereocenters. The Balaban J connectivity index is 1.80. The number of benzene rings is 2. The molecule has 0 amide bonds. The third-order valence-electron chi connectivity index (χ3n) is 4.34. The molecule has 1 N–H and O–H groups in total. The summed E-state index contributed by atoms with van der Waals surface area (Å²) in [5, 5.41) is 4.56. The SMILES string of the molecule is Cc1cc(N2CCNCC2)c2cccc(Oc3ccccc3)c2n1. The van der Waals surface area contributed by atoms with Gasteiger partial charge in [-0.25, -0.2) is 4.98 Å². The zero-order valence-electron chi connectivity index (χ0n) is 13.8. The Bertz CT molecular complexity index is 842. The Morgan fingerprint density at radius 1 is 1.00 bits per heavy atom. The second kappa shape index (κ2) is 6.49. The Morgan fingerprint density at radius 2 is 1.79 bits per heavy atom. The summed E-state index contributed by atoms with van der Waals surface area (Å²) in [6, 6.07) is 18.2. The van der Waals surface area contributed by atoms with E-state index in [9.17, 15) is 0 Å². The van der Waals surface area contributed by atoms with Gasteiger partial charge in [0.2, 0.25) is 0 Å². The summed E-state index contributed by atoms with van der Waals surface area (Å²) in [7, 11) is 0. The van der Waals surface area contributed by atoms with Crippen LogP contribution in [0.3, 0.4) is 0 Å². The van der Waals surface area contributed by atoms with Crippen LogP contribution in [0.2, 0.25) is 0 Å². The van der Waals surface area contributed by atoms with E-state index in [4.69, 9.17) is 9.72 Å². The van der Waals surface area contributed by atoms with E-state index < -0.39 is 0 Å². The number of hydrogen-bond acceptors (Lipinski definition) is 4. The van der Waals surface area contributed by atoms with E-state index in [-0.39, 0.29) is 0 Å². The van der Waals surface area contributed by atoms with Crippen molar-refractivity contribution in [2.24, 2.45) is 0 Å². The van der Waals surface area contributed by atoms with Gasteiger partial charge >= 0.3 is 0 Å². The van der Waals surface area contributed by atoms with Crippen LogP contribution in [0.15, 0.2) is 54.6 Å². The van der Waals surface area contributed by atoms with Crippen LogP contribution in [0, 0.1) is 6.92 Å². The highest BCUT2D eigenvalue weighted by Gasteiger charge is 2.16. The number of rotatable bonds is 3. The number of nitrogens with zero attached hydrogens (tertiary/aromatic N) is 2. The third kappa shape index (κ3) is 2.93. The second-order valence-corrected chi connectivity index (χ2v) is 6.09. The van der Waals surface area contributed by atoms with Crippen molar-refractivity contribution >= 4 is 16.6 Å². The first-order valence-corrected chi connectivity index (χ1v) is 8.40. The van der Waals surface area contributed by atoms with Crippen molar-refractivity contribution in [1.82, 2.24) is 10.3 Å². The predicted molar refractivity (Wildman–Crippen MR) is 98.1 cm³/mol.